The number of hydrogen-bond donors (Lipinski definition) is 20. The summed E-state index contributed by atoms with van der Waals surface area (Å²) >= 11 is 0. The SMILES string of the molecule is N=C(N)NCCOc1ccc(CNC(=O)CCSSCCC(=O)NCc2ccc(OCCNC(=N)N)c(-c3cccc(OCCNC(=N)N)c3OCCNC(=N)N)c2)cc1-c1cccc(OCCNC(=N)N)c1OCCNC(=N)N. The zero-order valence-corrected chi connectivity index (χ0v) is 45.8. The van der Waals surface area contributed by atoms with Crippen molar-refractivity contribution >= 4 is 69.2 Å². The standard InChI is InChI=1S/C50H74N20O8S2/c51-45(52)63-13-19-73-37-9-7-31(27-35(37)33-3-1-5-39(75-21-15-65-47(55)56)43(33)77-23-17-67-49(59)60)29-69-41(71)11-25-79-80-26-12-42(72)70-30-32-8-10-38(74-20-14-64-46(53)54)36(28-32)34-4-2-6-40(76-22-16-66-48(57)58)44(34)78-24-18-68-50(61)62/h1-10,27-28H,11-26,29-30H2,(H,69,71)(H,70,72)(H4,51,52,63)(H4,53,54,64)(H4,55,56,65)(H4,57,58,66)(H4,59,60,67)(H4,61,62,68). The first-order valence-corrected chi connectivity index (χ1v) is 27.5. The highest BCUT2D eigenvalue weighted by molar-refractivity contribution is 8.76. The van der Waals surface area contributed by atoms with E-state index >= 15 is 0 Å². The average molecular weight is 1150 g/mol. The Morgan fingerprint density at radius 1 is 0.375 bits per heavy atom. The largest absolute Gasteiger partial charge is 0.491 e. The van der Waals surface area contributed by atoms with E-state index in [4.69, 9.17) is 95.3 Å². The van der Waals surface area contributed by atoms with Crippen LogP contribution in [-0.2, 0) is 22.7 Å². The molecule has 0 saturated carbocycles. The second-order valence-electron chi connectivity index (χ2n) is 16.8. The van der Waals surface area contributed by atoms with Crippen LogP contribution in [0.25, 0.3) is 22.3 Å². The lowest BCUT2D eigenvalue weighted by molar-refractivity contribution is -0.121. The monoisotopic (exact) mass is 1150 g/mol. The molecule has 0 fully saturated rings. The van der Waals surface area contributed by atoms with Gasteiger partial charge in [0.15, 0.2) is 58.8 Å². The summed E-state index contributed by atoms with van der Waals surface area (Å²) in [5.41, 5.74) is 36.8. The van der Waals surface area contributed by atoms with Crippen molar-refractivity contribution in [2.75, 3.05) is 90.4 Å². The number of ether oxygens (including phenoxy) is 6. The minimum atomic E-state index is -0.210. The Morgan fingerprint density at radius 2 is 0.675 bits per heavy atom. The Bertz CT molecular complexity index is 2540. The molecule has 26 N–H and O–H groups in total. The molecule has 4 aromatic carbocycles. The van der Waals surface area contributed by atoms with E-state index in [0.717, 1.165) is 11.1 Å². The molecule has 80 heavy (non-hydrogen) atoms. The third kappa shape index (κ3) is 24.5. The van der Waals surface area contributed by atoms with Gasteiger partial charge in [0.2, 0.25) is 11.8 Å². The number of guanidine groups is 6. The number of nitrogens with two attached hydrogens (primary N) is 6. The first kappa shape index (κ1) is 63.5. The molecule has 0 aliphatic rings. The van der Waals surface area contributed by atoms with Crippen LogP contribution in [0.3, 0.4) is 0 Å². The molecule has 0 bridgehead atoms. The van der Waals surface area contributed by atoms with Gasteiger partial charge in [0, 0.05) is 59.7 Å². The second kappa shape index (κ2) is 35.4. The third-order valence-electron chi connectivity index (χ3n) is 10.5. The highest BCUT2D eigenvalue weighted by atomic mass is 33.1. The van der Waals surface area contributed by atoms with Crippen molar-refractivity contribution in [2.24, 2.45) is 34.4 Å². The van der Waals surface area contributed by atoms with Crippen LogP contribution in [0.4, 0.5) is 0 Å². The van der Waals surface area contributed by atoms with Crippen LogP contribution >= 0.6 is 21.6 Å². The van der Waals surface area contributed by atoms with Gasteiger partial charge in [-0.1, -0.05) is 58.0 Å². The second-order valence-corrected chi connectivity index (χ2v) is 19.5. The molecule has 0 atom stereocenters. The fourth-order valence-corrected chi connectivity index (χ4v) is 9.04. The highest BCUT2D eigenvalue weighted by Crippen LogP contribution is 2.44. The lowest BCUT2D eigenvalue weighted by atomic mass is 10.00. The minimum absolute atomic E-state index is 0.122. The van der Waals surface area contributed by atoms with E-state index in [9.17, 15) is 9.59 Å². The summed E-state index contributed by atoms with van der Waals surface area (Å²) in [6.07, 6.45) is 0.462. The highest BCUT2D eigenvalue weighted by Gasteiger charge is 2.21. The smallest absolute Gasteiger partial charge is 0.221 e. The van der Waals surface area contributed by atoms with Gasteiger partial charge in [0.05, 0.1) is 39.3 Å². The minimum Gasteiger partial charge on any atom is -0.491 e. The number of para-hydroxylation sites is 2. The van der Waals surface area contributed by atoms with Gasteiger partial charge in [-0.25, -0.2) is 0 Å². The topological polar surface area (TPSA) is 485 Å². The number of carbonyl (C=O) groups is 2. The Labute approximate surface area is 471 Å². The molecule has 434 valence electrons. The molecular weight excluding hydrogens is 1070 g/mol. The van der Waals surface area contributed by atoms with Gasteiger partial charge in [0.25, 0.3) is 0 Å². The first-order valence-electron chi connectivity index (χ1n) is 25.0. The van der Waals surface area contributed by atoms with Crippen LogP contribution in [0, 0.1) is 32.5 Å². The summed E-state index contributed by atoms with van der Waals surface area (Å²) in [6.45, 7) is 2.83. The molecule has 28 nitrogen and oxygen atoms in total. The maximum absolute atomic E-state index is 13.1. The quantitative estimate of drug-likeness (QED) is 0.0125. The number of amides is 2. The first-order chi connectivity index (χ1) is 38.5. The maximum Gasteiger partial charge on any atom is 0.221 e. The summed E-state index contributed by atoms with van der Waals surface area (Å²) in [6, 6.07) is 21.7. The zero-order valence-electron chi connectivity index (χ0n) is 44.2. The molecule has 0 aromatic heterocycles. The summed E-state index contributed by atoms with van der Waals surface area (Å²) < 4.78 is 36.8. The van der Waals surface area contributed by atoms with Crippen molar-refractivity contribution in [3.8, 4) is 56.8 Å². The predicted molar refractivity (Wildman–Crippen MR) is 314 cm³/mol. The Morgan fingerprint density at radius 3 is 0.988 bits per heavy atom. The van der Waals surface area contributed by atoms with E-state index in [1.807, 2.05) is 36.4 Å². The van der Waals surface area contributed by atoms with E-state index in [0.29, 0.717) is 68.3 Å². The molecule has 4 rings (SSSR count). The van der Waals surface area contributed by atoms with Gasteiger partial charge in [0.1, 0.15) is 51.1 Å². The Hall–Kier alpha value is -9.06. The van der Waals surface area contributed by atoms with Gasteiger partial charge in [-0.15, -0.1) is 0 Å². The van der Waals surface area contributed by atoms with Crippen LogP contribution in [0.5, 0.6) is 34.5 Å². The lowest BCUT2D eigenvalue weighted by Gasteiger charge is -2.20. The van der Waals surface area contributed by atoms with Crippen LogP contribution < -0.4 is 105 Å². The summed E-state index contributed by atoms with van der Waals surface area (Å²) in [7, 11) is 2.97. The molecule has 0 unspecified atom stereocenters. The molecule has 0 spiro atoms. The van der Waals surface area contributed by atoms with E-state index in [2.05, 4.69) is 42.5 Å². The van der Waals surface area contributed by atoms with Crippen molar-refractivity contribution in [2.45, 2.75) is 25.9 Å². The molecular formula is C50H74N20O8S2. The van der Waals surface area contributed by atoms with Gasteiger partial charge in [-0.3, -0.25) is 42.0 Å². The van der Waals surface area contributed by atoms with Crippen LogP contribution in [-0.4, -0.2) is 138 Å². The molecule has 0 heterocycles. The fraction of sp³-hybridized carbons (Fsp3) is 0.360. The van der Waals surface area contributed by atoms with Gasteiger partial charge in [-0.2, -0.15) is 0 Å². The summed E-state index contributed by atoms with van der Waals surface area (Å²) in [5, 5.41) is 67.2. The van der Waals surface area contributed by atoms with E-state index in [-0.39, 0.29) is 152 Å². The van der Waals surface area contributed by atoms with Crippen LogP contribution in [0.15, 0.2) is 72.8 Å². The number of nitrogens with one attached hydrogen (secondary N) is 14. The van der Waals surface area contributed by atoms with Crippen molar-refractivity contribution in [3.05, 3.63) is 83.9 Å². The molecule has 30 heteroatoms. The summed E-state index contributed by atoms with van der Waals surface area (Å²) in [4.78, 5) is 26.2. The predicted octanol–water partition coefficient (Wildman–Crippen LogP) is 0.286. The number of carbonyl (C=O) groups excluding carboxylic acids is 2. The van der Waals surface area contributed by atoms with Crippen molar-refractivity contribution in [1.82, 2.24) is 42.5 Å². The van der Waals surface area contributed by atoms with Gasteiger partial charge in [-0.05, 0) is 47.5 Å². The number of rotatable bonds is 37. The normalized spacial score (nSPS) is 10.4. The van der Waals surface area contributed by atoms with E-state index < -0.39 is 0 Å². The number of benzene rings is 4. The zero-order chi connectivity index (χ0) is 58.1. The molecule has 0 aliphatic heterocycles. The lowest BCUT2D eigenvalue weighted by Crippen LogP contribution is -2.34. The fourth-order valence-electron chi connectivity index (χ4n) is 7.06. The Kier molecular flexibility index (Phi) is 28.1. The van der Waals surface area contributed by atoms with Crippen LogP contribution in [0.2, 0.25) is 0 Å². The van der Waals surface area contributed by atoms with Crippen molar-refractivity contribution in [1.29, 1.82) is 32.5 Å². The molecule has 0 aliphatic carbocycles. The van der Waals surface area contributed by atoms with Crippen LogP contribution in [0.1, 0.15) is 24.0 Å². The van der Waals surface area contributed by atoms with Gasteiger partial charge >= 0.3 is 0 Å². The van der Waals surface area contributed by atoms with E-state index in [1.165, 1.54) is 21.6 Å². The van der Waals surface area contributed by atoms with Crippen molar-refractivity contribution < 1.29 is 38.0 Å². The van der Waals surface area contributed by atoms with Gasteiger partial charge < -0.3 is 105 Å². The van der Waals surface area contributed by atoms with E-state index in [1.54, 1.807) is 36.4 Å². The third-order valence-corrected chi connectivity index (χ3v) is 13.0. The van der Waals surface area contributed by atoms with Crippen molar-refractivity contribution in [3.63, 3.8) is 0 Å². The summed E-state index contributed by atoms with van der Waals surface area (Å²) in [5.74, 6) is 1.99. The molecule has 0 radical (unpaired) electrons. The maximum atomic E-state index is 13.1. The molecule has 2 amide bonds. The molecule has 4 aromatic rings. The number of hydrogen-bond acceptors (Lipinski definition) is 16. The average Bonchev–Trinajstić information content (AvgIpc) is 3.52. The molecule has 0 saturated heterocycles. The Balaban J connectivity index is 1.36.